The lowest BCUT2D eigenvalue weighted by Crippen LogP contribution is -2.44. The minimum atomic E-state index is -0.135. The Bertz CT molecular complexity index is 761. The van der Waals surface area contributed by atoms with Crippen LogP contribution in [-0.4, -0.2) is 60.0 Å². The maximum Gasteiger partial charge on any atom is 0.277 e. The first-order valence-electron chi connectivity index (χ1n) is 8.54. The zero-order valence-corrected chi connectivity index (χ0v) is 16.4. The largest absolute Gasteiger partial charge is 0.416 e. The molecule has 0 spiro atoms. The van der Waals surface area contributed by atoms with E-state index >= 15 is 0 Å². The minimum Gasteiger partial charge on any atom is -0.416 e. The Morgan fingerprint density at radius 2 is 2.08 bits per heavy atom. The van der Waals surface area contributed by atoms with Crippen LogP contribution in [-0.2, 0) is 11.2 Å². The first-order valence-corrected chi connectivity index (χ1v) is 9.90. The summed E-state index contributed by atoms with van der Waals surface area (Å²) >= 11 is 7.65. The Kier molecular flexibility index (Phi) is 6.39. The number of para-hydroxylation sites is 1. The molecule has 3 rings (SSSR count). The van der Waals surface area contributed by atoms with Crippen molar-refractivity contribution in [1.82, 2.24) is 15.1 Å². The Balaban J connectivity index is 1.65. The van der Waals surface area contributed by atoms with Crippen LogP contribution in [0.15, 0.2) is 27.8 Å². The second kappa shape index (κ2) is 8.75. The molecule has 2 aromatic rings. The average Bonchev–Trinajstić information content (AvgIpc) is 3.09. The van der Waals surface area contributed by atoms with Gasteiger partial charge < -0.3 is 19.5 Å². The van der Waals surface area contributed by atoms with Crippen molar-refractivity contribution in [2.45, 2.75) is 18.6 Å². The van der Waals surface area contributed by atoms with Crippen molar-refractivity contribution in [2.75, 3.05) is 49.2 Å². The van der Waals surface area contributed by atoms with E-state index in [0.717, 1.165) is 37.6 Å². The van der Waals surface area contributed by atoms with Crippen molar-refractivity contribution in [1.29, 1.82) is 0 Å². The highest BCUT2D eigenvalue weighted by atomic mass is 35.5. The second-order valence-corrected chi connectivity index (χ2v) is 7.41. The van der Waals surface area contributed by atoms with E-state index in [9.17, 15) is 4.79 Å². The molecule has 0 atom stereocenters. The highest BCUT2D eigenvalue weighted by molar-refractivity contribution is 7.99. The first kappa shape index (κ1) is 19.0. The lowest BCUT2D eigenvalue weighted by atomic mass is 10.2. The van der Waals surface area contributed by atoms with Crippen LogP contribution in [0.4, 0.5) is 11.4 Å². The predicted molar refractivity (Wildman–Crippen MR) is 104 cm³/mol. The van der Waals surface area contributed by atoms with Gasteiger partial charge in [-0.3, -0.25) is 4.79 Å². The summed E-state index contributed by atoms with van der Waals surface area (Å²) in [4.78, 5) is 16.9. The topological polar surface area (TPSA) is 74.5 Å². The first-order chi connectivity index (χ1) is 12.6. The number of rotatable bonds is 6. The Morgan fingerprint density at radius 1 is 1.31 bits per heavy atom. The molecule has 1 aromatic carbocycles. The standard InChI is InChI=1S/C17H22ClN5O2S/c1-3-15-20-21-17(25-15)26-11-14(24)19-13-6-4-5-12(18)16(13)23-9-7-22(2)8-10-23/h4-6H,3,7-11H2,1-2H3,(H,19,24). The van der Waals surface area contributed by atoms with E-state index in [1.54, 1.807) is 0 Å². The smallest absolute Gasteiger partial charge is 0.277 e. The number of carbonyl (C=O) groups excluding carboxylic acids is 1. The summed E-state index contributed by atoms with van der Waals surface area (Å²) in [7, 11) is 2.10. The number of likely N-dealkylation sites (N-methyl/N-ethyl adjacent to an activating group) is 1. The van der Waals surface area contributed by atoms with Crippen LogP contribution in [0.5, 0.6) is 0 Å². The number of nitrogens with zero attached hydrogens (tertiary/aromatic N) is 4. The molecule has 0 unspecified atom stereocenters. The van der Waals surface area contributed by atoms with Gasteiger partial charge in [0.05, 0.1) is 22.2 Å². The zero-order chi connectivity index (χ0) is 18.5. The normalized spacial score (nSPS) is 15.3. The summed E-state index contributed by atoms with van der Waals surface area (Å²) in [5.41, 5.74) is 1.61. The number of benzene rings is 1. The third-order valence-corrected chi connectivity index (χ3v) is 5.28. The summed E-state index contributed by atoms with van der Waals surface area (Å²) in [6.07, 6.45) is 0.677. The van der Waals surface area contributed by atoms with Crippen molar-refractivity contribution in [3.8, 4) is 0 Å². The van der Waals surface area contributed by atoms with Crippen molar-refractivity contribution >= 4 is 40.6 Å². The van der Waals surface area contributed by atoms with Gasteiger partial charge in [0.25, 0.3) is 5.22 Å². The van der Waals surface area contributed by atoms with Crippen molar-refractivity contribution in [3.63, 3.8) is 0 Å². The van der Waals surface area contributed by atoms with Crippen LogP contribution >= 0.6 is 23.4 Å². The molecule has 1 amide bonds. The third-order valence-electron chi connectivity index (χ3n) is 4.16. The van der Waals surface area contributed by atoms with Gasteiger partial charge in [-0.05, 0) is 19.2 Å². The number of carbonyl (C=O) groups is 1. The number of anilines is 2. The molecule has 1 N–H and O–H groups in total. The Hall–Kier alpha value is -1.77. The van der Waals surface area contributed by atoms with Crippen LogP contribution in [0.2, 0.25) is 5.02 Å². The van der Waals surface area contributed by atoms with Gasteiger partial charge in [0.1, 0.15) is 0 Å². The van der Waals surface area contributed by atoms with Gasteiger partial charge in [0.2, 0.25) is 11.8 Å². The number of thioether (sulfide) groups is 1. The van der Waals surface area contributed by atoms with Gasteiger partial charge in [-0.25, -0.2) is 0 Å². The van der Waals surface area contributed by atoms with E-state index in [1.165, 1.54) is 11.8 Å². The lowest BCUT2D eigenvalue weighted by molar-refractivity contribution is -0.113. The number of hydrogen-bond donors (Lipinski definition) is 1. The van der Waals surface area contributed by atoms with Crippen molar-refractivity contribution in [2.24, 2.45) is 0 Å². The van der Waals surface area contributed by atoms with E-state index in [0.29, 0.717) is 22.6 Å². The molecule has 0 saturated carbocycles. The van der Waals surface area contributed by atoms with Gasteiger partial charge in [-0.1, -0.05) is 36.4 Å². The molecular formula is C17H22ClN5O2S. The van der Waals surface area contributed by atoms with Crippen molar-refractivity contribution in [3.05, 3.63) is 29.1 Å². The molecule has 1 aliphatic heterocycles. The number of piperazine rings is 1. The molecule has 0 aliphatic carbocycles. The van der Waals surface area contributed by atoms with Crippen LogP contribution in [0.1, 0.15) is 12.8 Å². The number of amides is 1. The zero-order valence-electron chi connectivity index (χ0n) is 14.9. The summed E-state index contributed by atoms with van der Waals surface area (Å²) < 4.78 is 5.41. The van der Waals surface area contributed by atoms with Gasteiger partial charge in [0, 0.05) is 32.6 Å². The molecule has 7 nitrogen and oxygen atoms in total. The lowest BCUT2D eigenvalue weighted by Gasteiger charge is -2.35. The molecule has 1 aromatic heterocycles. The number of nitrogens with one attached hydrogen (secondary N) is 1. The number of halogens is 1. The second-order valence-electron chi connectivity index (χ2n) is 6.08. The fraction of sp³-hybridized carbons (Fsp3) is 0.471. The van der Waals surface area contributed by atoms with Crippen molar-refractivity contribution < 1.29 is 9.21 Å². The molecule has 1 fully saturated rings. The number of aromatic nitrogens is 2. The molecule has 26 heavy (non-hydrogen) atoms. The Morgan fingerprint density at radius 3 is 2.77 bits per heavy atom. The van der Waals surface area contributed by atoms with Crippen LogP contribution in [0.3, 0.4) is 0 Å². The molecule has 9 heteroatoms. The van der Waals surface area contributed by atoms with Crippen LogP contribution in [0, 0.1) is 0 Å². The van der Waals surface area contributed by atoms with Crippen LogP contribution in [0.25, 0.3) is 0 Å². The fourth-order valence-electron chi connectivity index (χ4n) is 2.72. The maximum absolute atomic E-state index is 12.4. The minimum absolute atomic E-state index is 0.135. The van der Waals surface area contributed by atoms with Gasteiger partial charge in [0.15, 0.2) is 0 Å². The summed E-state index contributed by atoms with van der Waals surface area (Å²) in [5, 5.41) is 11.8. The highest BCUT2D eigenvalue weighted by Crippen LogP contribution is 2.34. The fourth-order valence-corrected chi connectivity index (χ4v) is 3.60. The molecule has 140 valence electrons. The predicted octanol–water partition coefficient (Wildman–Crippen LogP) is 2.77. The third kappa shape index (κ3) is 4.69. The molecule has 1 saturated heterocycles. The summed E-state index contributed by atoms with van der Waals surface area (Å²) in [6.45, 7) is 5.61. The van der Waals surface area contributed by atoms with Gasteiger partial charge in [-0.2, -0.15) is 0 Å². The maximum atomic E-state index is 12.4. The molecule has 0 radical (unpaired) electrons. The number of hydrogen-bond acceptors (Lipinski definition) is 7. The number of aryl methyl sites for hydroxylation is 1. The van der Waals surface area contributed by atoms with Gasteiger partial charge >= 0.3 is 0 Å². The van der Waals surface area contributed by atoms with E-state index in [1.807, 2.05) is 25.1 Å². The monoisotopic (exact) mass is 395 g/mol. The Labute approximate surface area is 162 Å². The van der Waals surface area contributed by atoms with E-state index in [-0.39, 0.29) is 11.7 Å². The molecule has 0 bridgehead atoms. The van der Waals surface area contributed by atoms with E-state index in [4.69, 9.17) is 16.0 Å². The SMILES string of the molecule is CCc1nnc(SCC(=O)Nc2cccc(Cl)c2N2CCN(C)CC2)o1. The molecule has 1 aliphatic rings. The van der Waals surface area contributed by atoms with Gasteiger partial charge in [-0.15, -0.1) is 10.2 Å². The highest BCUT2D eigenvalue weighted by Gasteiger charge is 2.20. The van der Waals surface area contributed by atoms with Crippen LogP contribution < -0.4 is 10.2 Å². The summed E-state index contributed by atoms with van der Waals surface area (Å²) in [6, 6.07) is 5.57. The molecular weight excluding hydrogens is 374 g/mol. The summed E-state index contributed by atoms with van der Waals surface area (Å²) in [5.74, 6) is 0.629. The quantitative estimate of drug-likeness (QED) is 0.753. The van der Waals surface area contributed by atoms with E-state index in [2.05, 4.69) is 32.4 Å². The average molecular weight is 396 g/mol. The molecule has 2 heterocycles. The van der Waals surface area contributed by atoms with E-state index < -0.39 is 0 Å².